The van der Waals surface area contributed by atoms with E-state index in [4.69, 9.17) is 0 Å². The highest BCUT2D eigenvalue weighted by molar-refractivity contribution is 5.99. The molecule has 0 aliphatic heterocycles. The lowest BCUT2D eigenvalue weighted by Gasteiger charge is -2.30. The van der Waals surface area contributed by atoms with E-state index in [-0.39, 0.29) is 44.4 Å². The van der Waals surface area contributed by atoms with Gasteiger partial charge in [-0.3, -0.25) is 24.0 Å². The molecule has 50 heavy (non-hydrogen) atoms. The number of phenols is 1. The molecule has 0 aliphatic carbocycles. The number of carbonyl (C=O) groups excluding carboxylic acids is 5. The molecule has 0 aromatic heterocycles. The van der Waals surface area contributed by atoms with E-state index in [1.807, 2.05) is 13.8 Å². The van der Waals surface area contributed by atoms with Gasteiger partial charge in [0.25, 0.3) is 5.91 Å². The monoisotopic (exact) mass is 721 g/mol. The Morgan fingerprint density at radius 3 is 1.76 bits per heavy atom. The number of hydrogen-bond donors (Lipinski definition) is 7. The molecule has 0 radical (unpaired) electrons. The Morgan fingerprint density at radius 1 is 0.740 bits per heavy atom. The Kier molecular flexibility index (Phi) is 19.6. The number of benzene rings is 1. The molecule has 0 saturated heterocycles. The van der Waals surface area contributed by atoms with Gasteiger partial charge in [0, 0.05) is 6.54 Å². The van der Waals surface area contributed by atoms with Crippen molar-refractivity contribution in [3.63, 3.8) is 0 Å². The molecule has 286 valence electrons. The standard InChI is InChI=1S/C33H51F4N5O7.CH4/c1-9-12-18(30(46)40-19(13-15(4)5)20(43)14-21(44)41-27(16(6)7)32(48)38-11-3)39-33(49)28(17(8)10-2)42-31(47)22-23(34)25(36)29(45)26(37)24(22)35;/h15-20,27-28,43,45H,9-14H2,1-8H3,(H,38,48)(H,39,49)(H,40,46)(H,41,44)(H,42,47);1H4/t17-,18-,19-,20-,27-,28-;/m0./s1. The van der Waals surface area contributed by atoms with Crippen LogP contribution in [-0.2, 0) is 19.2 Å². The molecular formula is C34H55F4N5O7. The number of hydrogen-bond acceptors (Lipinski definition) is 7. The third-order valence-electron chi connectivity index (χ3n) is 7.99. The van der Waals surface area contributed by atoms with Crippen LogP contribution < -0.4 is 26.6 Å². The molecule has 16 heteroatoms. The van der Waals surface area contributed by atoms with Crippen molar-refractivity contribution in [2.45, 2.75) is 125 Å². The molecule has 6 atom stereocenters. The van der Waals surface area contributed by atoms with E-state index in [9.17, 15) is 51.7 Å². The van der Waals surface area contributed by atoms with Crippen molar-refractivity contribution in [1.82, 2.24) is 26.6 Å². The predicted molar refractivity (Wildman–Crippen MR) is 180 cm³/mol. The first-order valence-electron chi connectivity index (χ1n) is 16.5. The largest absolute Gasteiger partial charge is 0.503 e. The van der Waals surface area contributed by atoms with Crippen molar-refractivity contribution >= 4 is 29.5 Å². The number of halogens is 4. The summed E-state index contributed by atoms with van der Waals surface area (Å²) in [6.45, 7) is 14.1. The number of aromatic hydroxyl groups is 1. The highest BCUT2D eigenvalue weighted by Gasteiger charge is 2.35. The van der Waals surface area contributed by atoms with Crippen molar-refractivity contribution in [1.29, 1.82) is 0 Å². The highest BCUT2D eigenvalue weighted by Crippen LogP contribution is 2.29. The molecule has 1 aromatic carbocycles. The van der Waals surface area contributed by atoms with Crippen LogP contribution >= 0.6 is 0 Å². The number of rotatable bonds is 19. The molecule has 0 fully saturated rings. The lowest BCUT2D eigenvalue weighted by atomic mass is 9.95. The number of likely N-dealkylation sites (N-methyl/N-ethyl adjacent to an activating group) is 1. The number of nitrogens with one attached hydrogen (secondary N) is 5. The van der Waals surface area contributed by atoms with Crippen molar-refractivity contribution < 1.29 is 51.7 Å². The summed E-state index contributed by atoms with van der Waals surface area (Å²) in [5, 5.41) is 32.8. The fraction of sp³-hybridized carbons (Fsp3) is 0.676. The summed E-state index contributed by atoms with van der Waals surface area (Å²) in [7, 11) is 0. The Morgan fingerprint density at radius 2 is 1.30 bits per heavy atom. The summed E-state index contributed by atoms with van der Waals surface area (Å²) in [6.07, 6.45) is -0.872. The Bertz CT molecular complexity index is 1300. The lowest BCUT2D eigenvalue weighted by Crippen LogP contribution is -2.58. The summed E-state index contributed by atoms with van der Waals surface area (Å²) in [4.78, 5) is 65.0. The summed E-state index contributed by atoms with van der Waals surface area (Å²) in [6, 6.07) is -4.55. The van der Waals surface area contributed by atoms with Gasteiger partial charge in [-0.05, 0) is 37.5 Å². The van der Waals surface area contributed by atoms with Crippen LogP contribution in [0.5, 0.6) is 5.75 Å². The second kappa shape index (κ2) is 21.3. The van der Waals surface area contributed by atoms with Crippen LogP contribution in [0.3, 0.4) is 0 Å². The molecule has 0 unspecified atom stereocenters. The molecule has 0 heterocycles. The maximum atomic E-state index is 14.4. The van der Waals surface area contributed by atoms with Crippen molar-refractivity contribution in [2.24, 2.45) is 17.8 Å². The molecule has 0 aliphatic rings. The van der Waals surface area contributed by atoms with Gasteiger partial charge < -0.3 is 36.8 Å². The zero-order valence-electron chi connectivity index (χ0n) is 29.3. The topological polar surface area (TPSA) is 186 Å². The Hall–Kier alpha value is -3.95. The van der Waals surface area contributed by atoms with Crippen molar-refractivity contribution in [3.8, 4) is 5.75 Å². The van der Waals surface area contributed by atoms with E-state index in [2.05, 4.69) is 26.6 Å². The quantitative estimate of drug-likeness (QED) is 0.0841. The third-order valence-corrected chi connectivity index (χ3v) is 7.99. The van der Waals surface area contributed by atoms with E-state index in [1.54, 1.807) is 34.6 Å². The Balaban J connectivity index is 0.0000240. The molecule has 0 spiro atoms. The minimum absolute atomic E-state index is 0. The zero-order chi connectivity index (χ0) is 37.7. The van der Waals surface area contributed by atoms with E-state index in [0.717, 1.165) is 0 Å². The molecule has 1 aromatic rings. The van der Waals surface area contributed by atoms with Crippen LogP contribution in [0.2, 0.25) is 0 Å². The van der Waals surface area contributed by atoms with Gasteiger partial charge in [0.05, 0.1) is 18.6 Å². The summed E-state index contributed by atoms with van der Waals surface area (Å²) in [5.41, 5.74) is -1.68. The highest BCUT2D eigenvalue weighted by atomic mass is 19.2. The molecule has 5 amide bonds. The number of carbonyl (C=O) groups is 5. The SMILES string of the molecule is C.CCC[C@H](NC(=O)[C@@H](NC(=O)c1c(F)c(F)c(O)c(F)c1F)[C@@H](C)CC)C(=O)N[C@@H](CC(C)C)[C@@H](O)CC(=O)N[C@H](C(=O)NCC)C(C)C. The van der Waals surface area contributed by atoms with E-state index in [0.29, 0.717) is 13.0 Å². The predicted octanol–water partition coefficient (Wildman–Crippen LogP) is 3.57. The first-order valence-corrected chi connectivity index (χ1v) is 16.5. The smallest absolute Gasteiger partial charge is 0.258 e. The average Bonchev–Trinajstić information content (AvgIpc) is 3.02. The number of phenolic OH excluding ortho intramolecular Hbond substituents is 1. The Labute approximate surface area is 291 Å². The second-order valence-electron chi connectivity index (χ2n) is 12.9. The number of aliphatic hydroxyl groups is 1. The minimum Gasteiger partial charge on any atom is -0.503 e. The van der Waals surface area contributed by atoms with E-state index in [1.165, 1.54) is 6.92 Å². The van der Waals surface area contributed by atoms with Gasteiger partial charge in [0.2, 0.25) is 35.3 Å². The van der Waals surface area contributed by atoms with Crippen molar-refractivity contribution in [3.05, 3.63) is 28.8 Å². The molecule has 7 N–H and O–H groups in total. The van der Waals surface area contributed by atoms with Gasteiger partial charge in [-0.2, -0.15) is 8.78 Å². The molecule has 0 saturated carbocycles. The second-order valence-corrected chi connectivity index (χ2v) is 12.9. The minimum atomic E-state index is -2.19. The molecule has 1 rings (SSSR count). The normalized spacial score (nSPS) is 14.8. The summed E-state index contributed by atoms with van der Waals surface area (Å²) >= 11 is 0. The number of amides is 5. The number of aliphatic hydroxyl groups excluding tert-OH is 1. The first kappa shape index (κ1) is 46.0. The zero-order valence-corrected chi connectivity index (χ0v) is 29.3. The van der Waals surface area contributed by atoms with Gasteiger partial charge in [0.1, 0.15) is 23.7 Å². The van der Waals surface area contributed by atoms with Gasteiger partial charge in [-0.1, -0.05) is 68.7 Å². The molecule has 12 nitrogen and oxygen atoms in total. The van der Waals surface area contributed by atoms with Crippen LogP contribution in [0.4, 0.5) is 17.6 Å². The molecule has 0 bridgehead atoms. The first-order chi connectivity index (χ1) is 22.8. The third kappa shape index (κ3) is 12.7. The summed E-state index contributed by atoms with van der Waals surface area (Å²) in [5.74, 6) is -16.0. The maximum absolute atomic E-state index is 14.4. The van der Waals surface area contributed by atoms with Crippen LogP contribution in [0, 0.1) is 41.0 Å². The molecular weight excluding hydrogens is 666 g/mol. The van der Waals surface area contributed by atoms with Gasteiger partial charge >= 0.3 is 0 Å². The summed E-state index contributed by atoms with van der Waals surface area (Å²) < 4.78 is 56.7. The van der Waals surface area contributed by atoms with Gasteiger partial charge in [-0.15, -0.1) is 0 Å². The fourth-order valence-corrected chi connectivity index (χ4v) is 5.04. The van der Waals surface area contributed by atoms with Gasteiger partial charge in [0.15, 0.2) is 17.4 Å². The van der Waals surface area contributed by atoms with E-state index < -0.39 is 101 Å². The van der Waals surface area contributed by atoms with Gasteiger partial charge in [-0.25, -0.2) is 8.78 Å². The fourth-order valence-electron chi connectivity index (χ4n) is 5.04. The maximum Gasteiger partial charge on any atom is 0.258 e. The van der Waals surface area contributed by atoms with E-state index >= 15 is 0 Å². The van der Waals surface area contributed by atoms with Crippen LogP contribution in [0.15, 0.2) is 0 Å². The van der Waals surface area contributed by atoms with Crippen molar-refractivity contribution in [2.75, 3.05) is 6.54 Å². The van der Waals surface area contributed by atoms with Crippen LogP contribution in [-0.4, -0.2) is 76.6 Å². The van der Waals surface area contributed by atoms with Crippen LogP contribution in [0.25, 0.3) is 0 Å². The van der Waals surface area contributed by atoms with Crippen LogP contribution in [0.1, 0.15) is 105 Å². The average molecular weight is 722 g/mol. The lowest BCUT2D eigenvalue weighted by molar-refractivity contribution is -0.133.